The van der Waals surface area contributed by atoms with E-state index in [0.717, 1.165) is 22.6 Å². The first-order valence-electron chi connectivity index (χ1n) is 6.90. The average Bonchev–Trinajstić information content (AvgIpc) is 2.95. The van der Waals surface area contributed by atoms with Gasteiger partial charge in [0.2, 0.25) is 5.88 Å². The predicted octanol–water partition coefficient (Wildman–Crippen LogP) is 3.87. The number of anilines is 1. The van der Waals surface area contributed by atoms with Gasteiger partial charge < -0.3 is 10.1 Å². The first-order chi connectivity index (χ1) is 10.3. The van der Waals surface area contributed by atoms with Crippen molar-refractivity contribution in [3.8, 4) is 5.88 Å². The fourth-order valence-corrected chi connectivity index (χ4v) is 3.00. The van der Waals surface area contributed by atoms with Crippen molar-refractivity contribution in [2.45, 2.75) is 19.9 Å². The van der Waals surface area contributed by atoms with Gasteiger partial charge in [0.25, 0.3) is 0 Å². The molecule has 0 fully saturated rings. The van der Waals surface area contributed by atoms with Gasteiger partial charge in [-0.15, -0.1) is 0 Å². The quantitative estimate of drug-likeness (QED) is 0.777. The number of nitrogens with zero attached hydrogens (tertiary/aromatic N) is 2. The molecular formula is C16H17N3OS. The maximum atomic E-state index is 5.05. The average molecular weight is 299 g/mol. The van der Waals surface area contributed by atoms with Crippen LogP contribution in [0.15, 0.2) is 36.5 Å². The molecule has 0 bridgehead atoms. The van der Waals surface area contributed by atoms with Crippen molar-refractivity contribution < 1.29 is 4.74 Å². The lowest BCUT2D eigenvalue weighted by atomic mass is 10.2. The molecule has 0 aliphatic rings. The summed E-state index contributed by atoms with van der Waals surface area (Å²) in [6, 6.07) is 10.3. The van der Waals surface area contributed by atoms with Gasteiger partial charge in [-0.3, -0.25) is 0 Å². The number of aryl methyl sites for hydroxylation is 1. The van der Waals surface area contributed by atoms with Gasteiger partial charge in [0.15, 0.2) is 5.13 Å². The summed E-state index contributed by atoms with van der Waals surface area (Å²) in [6.45, 7) is 2.87. The Hall–Kier alpha value is -2.14. The first kappa shape index (κ1) is 13.8. The summed E-state index contributed by atoms with van der Waals surface area (Å²) in [7, 11) is 1.62. The normalized spacial score (nSPS) is 10.8. The maximum Gasteiger partial charge on any atom is 0.212 e. The Bertz CT molecular complexity index is 737. The van der Waals surface area contributed by atoms with Gasteiger partial charge in [-0.1, -0.05) is 30.4 Å². The van der Waals surface area contributed by atoms with Crippen LogP contribution in [-0.2, 0) is 13.0 Å². The Morgan fingerprint density at radius 1 is 1.19 bits per heavy atom. The van der Waals surface area contributed by atoms with Crippen molar-refractivity contribution in [2.24, 2.45) is 0 Å². The number of hydrogen-bond donors (Lipinski definition) is 1. The molecule has 1 N–H and O–H groups in total. The summed E-state index contributed by atoms with van der Waals surface area (Å²) in [6.07, 6.45) is 2.86. The molecule has 3 rings (SSSR count). The number of fused-ring (bicyclic) bond motifs is 1. The zero-order valence-electron chi connectivity index (χ0n) is 12.1. The van der Waals surface area contributed by atoms with Crippen LogP contribution in [0.2, 0.25) is 0 Å². The number of ether oxygens (including phenoxy) is 1. The molecule has 108 valence electrons. The summed E-state index contributed by atoms with van der Waals surface area (Å²) >= 11 is 1.69. The smallest absolute Gasteiger partial charge is 0.212 e. The molecule has 2 aromatic heterocycles. The van der Waals surface area contributed by atoms with E-state index < -0.39 is 0 Å². The highest BCUT2D eigenvalue weighted by Gasteiger charge is 2.04. The van der Waals surface area contributed by atoms with E-state index in [-0.39, 0.29) is 0 Å². The minimum Gasteiger partial charge on any atom is -0.481 e. The number of benzene rings is 1. The second-order valence-electron chi connectivity index (χ2n) is 4.74. The van der Waals surface area contributed by atoms with Gasteiger partial charge in [-0.2, -0.15) is 0 Å². The lowest BCUT2D eigenvalue weighted by molar-refractivity contribution is 0.397. The van der Waals surface area contributed by atoms with Crippen LogP contribution in [-0.4, -0.2) is 17.1 Å². The Labute approximate surface area is 127 Å². The van der Waals surface area contributed by atoms with Crippen LogP contribution in [0, 0.1) is 0 Å². The number of nitrogens with one attached hydrogen (secondary N) is 1. The largest absolute Gasteiger partial charge is 0.481 e. The molecule has 1 aromatic carbocycles. The van der Waals surface area contributed by atoms with Crippen molar-refractivity contribution in [3.63, 3.8) is 0 Å². The number of rotatable bonds is 5. The van der Waals surface area contributed by atoms with E-state index in [1.165, 1.54) is 10.3 Å². The molecule has 0 aliphatic heterocycles. The second-order valence-corrected chi connectivity index (χ2v) is 5.77. The summed E-state index contributed by atoms with van der Waals surface area (Å²) in [5.41, 5.74) is 3.49. The van der Waals surface area contributed by atoms with Gasteiger partial charge in [0.1, 0.15) is 0 Å². The lowest BCUT2D eigenvalue weighted by Crippen LogP contribution is -1.99. The van der Waals surface area contributed by atoms with Crippen LogP contribution in [0.3, 0.4) is 0 Å². The molecule has 21 heavy (non-hydrogen) atoms. The minimum atomic E-state index is 0.630. The molecular weight excluding hydrogens is 282 g/mol. The molecule has 0 aliphatic carbocycles. The molecule has 0 spiro atoms. The van der Waals surface area contributed by atoms with Gasteiger partial charge in [-0.05, 0) is 29.7 Å². The summed E-state index contributed by atoms with van der Waals surface area (Å²) in [5.74, 6) is 0.630. The Morgan fingerprint density at radius 3 is 2.76 bits per heavy atom. The van der Waals surface area contributed by atoms with Gasteiger partial charge in [-0.25, -0.2) is 9.97 Å². The molecule has 0 atom stereocenters. The molecule has 4 nitrogen and oxygen atoms in total. The molecule has 0 radical (unpaired) electrons. The van der Waals surface area contributed by atoms with Crippen LogP contribution >= 0.6 is 11.3 Å². The van der Waals surface area contributed by atoms with Crippen LogP contribution in [0.5, 0.6) is 5.88 Å². The SMILES string of the molecule is CCc1ccc2nc(NCc3ccc(OC)nc3)sc2c1. The van der Waals surface area contributed by atoms with Crippen molar-refractivity contribution >= 4 is 26.7 Å². The Balaban J connectivity index is 1.72. The van der Waals surface area contributed by atoms with E-state index >= 15 is 0 Å². The zero-order valence-corrected chi connectivity index (χ0v) is 12.9. The highest BCUT2D eigenvalue weighted by Crippen LogP contribution is 2.27. The van der Waals surface area contributed by atoms with E-state index in [2.05, 4.69) is 40.4 Å². The molecule has 3 aromatic rings. The van der Waals surface area contributed by atoms with Gasteiger partial charge >= 0.3 is 0 Å². The van der Waals surface area contributed by atoms with Crippen LogP contribution < -0.4 is 10.1 Å². The topological polar surface area (TPSA) is 47.0 Å². The third-order valence-electron chi connectivity index (χ3n) is 3.31. The molecule has 0 unspecified atom stereocenters. The van der Waals surface area contributed by atoms with Crippen molar-refractivity contribution in [1.82, 2.24) is 9.97 Å². The zero-order chi connectivity index (χ0) is 14.7. The summed E-state index contributed by atoms with van der Waals surface area (Å²) in [5, 5.41) is 4.29. The van der Waals surface area contributed by atoms with Crippen molar-refractivity contribution in [1.29, 1.82) is 0 Å². The van der Waals surface area contributed by atoms with Crippen molar-refractivity contribution in [3.05, 3.63) is 47.7 Å². The first-order valence-corrected chi connectivity index (χ1v) is 7.72. The van der Waals surface area contributed by atoms with Crippen LogP contribution in [0.25, 0.3) is 10.2 Å². The molecule has 0 amide bonds. The van der Waals surface area contributed by atoms with E-state index in [0.29, 0.717) is 12.4 Å². The number of thiazole rings is 1. The third kappa shape index (κ3) is 3.13. The minimum absolute atomic E-state index is 0.630. The lowest BCUT2D eigenvalue weighted by Gasteiger charge is -2.03. The summed E-state index contributed by atoms with van der Waals surface area (Å²) < 4.78 is 6.28. The van der Waals surface area contributed by atoms with E-state index in [1.54, 1.807) is 18.4 Å². The van der Waals surface area contributed by atoms with Crippen LogP contribution in [0.4, 0.5) is 5.13 Å². The Morgan fingerprint density at radius 2 is 2.05 bits per heavy atom. The van der Waals surface area contributed by atoms with E-state index in [9.17, 15) is 0 Å². The standard InChI is InChI=1S/C16H17N3OS/c1-3-11-4-6-13-14(8-11)21-16(19-13)18-10-12-5-7-15(20-2)17-9-12/h4-9H,3,10H2,1-2H3,(H,18,19). The predicted molar refractivity (Wildman–Crippen MR) is 87.1 cm³/mol. The van der Waals surface area contributed by atoms with Gasteiger partial charge in [0, 0.05) is 18.8 Å². The second kappa shape index (κ2) is 6.10. The summed E-state index contributed by atoms with van der Waals surface area (Å²) in [4.78, 5) is 8.79. The van der Waals surface area contributed by atoms with E-state index in [4.69, 9.17) is 4.74 Å². The molecule has 0 saturated carbocycles. The number of pyridine rings is 1. The third-order valence-corrected chi connectivity index (χ3v) is 4.29. The highest BCUT2D eigenvalue weighted by molar-refractivity contribution is 7.22. The number of methoxy groups -OCH3 is 1. The van der Waals surface area contributed by atoms with Crippen LogP contribution in [0.1, 0.15) is 18.1 Å². The molecule has 0 saturated heterocycles. The monoisotopic (exact) mass is 299 g/mol. The van der Waals surface area contributed by atoms with Gasteiger partial charge in [0.05, 0.1) is 17.3 Å². The number of hydrogen-bond acceptors (Lipinski definition) is 5. The van der Waals surface area contributed by atoms with E-state index in [1.807, 2.05) is 18.3 Å². The number of aromatic nitrogens is 2. The fraction of sp³-hybridized carbons (Fsp3) is 0.250. The van der Waals surface area contributed by atoms with Crippen molar-refractivity contribution in [2.75, 3.05) is 12.4 Å². The molecule has 5 heteroatoms. The molecule has 2 heterocycles. The maximum absolute atomic E-state index is 5.05. The highest BCUT2D eigenvalue weighted by atomic mass is 32.1. The Kier molecular flexibility index (Phi) is 4.01. The fourth-order valence-electron chi connectivity index (χ4n) is 2.08.